The molecule has 0 saturated carbocycles. The highest BCUT2D eigenvalue weighted by molar-refractivity contribution is 4.97. The number of likely N-dealkylation sites (N-methyl/N-ethyl adjacent to an activating group) is 2. The zero-order chi connectivity index (χ0) is 11.4. The van der Waals surface area contributed by atoms with Gasteiger partial charge in [0.15, 0.2) is 0 Å². The Hall–Kier alpha value is -0.380. The SMILES string of the molecule is C=C(C)CC(N)C1CN(C)CCCN1C. The van der Waals surface area contributed by atoms with Crippen LogP contribution < -0.4 is 5.73 Å². The molecule has 2 atom stereocenters. The molecule has 2 N–H and O–H groups in total. The van der Waals surface area contributed by atoms with E-state index in [1.165, 1.54) is 18.5 Å². The third-order valence-corrected chi connectivity index (χ3v) is 3.19. The van der Waals surface area contributed by atoms with Crippen LogP contribution in [0.4, 0.5) is 0 Å². The average Bonchev–Trinajstić information content (AvgIpc) is 2.27. The number of rotatable bonds is 3. The van der Waals surface area contributed by atoms with E-state index in [0.717, 1.165) is 19.5 Å². The molecule has 0 aromatic rings. The quantitative estimate of drug-likeness (QED) is 0.705. The summed E-state index contributed by atoms with van der Waals surface area (Å²) >= 11 is 0. The highest BCUT2D eigenvalue weighted by atomic mass is 15.2. The molecule has 1 rings (SSSR count). The molecular formula is C12H25N3. The first kappa shape index (κ1) is 12.7. The molecule has 0 aromatic heterocycles. The van der Waals surface area contributed by atoms with Gasteiger partial charge in [0.2, 0.25) is 0 Å². The third kappa shape index (κ3) is 3.93. The number of hydrogen-bond donors (Lipinski definition) is 1. The molecule has 1 fully saturated rings. The maximum Gasteiger partial charge on any atom is 0.0374 e. The summed E-state index contributed by atoms with van der Waals surface area (Å²) in [5, 5.41) is 0. The number of hydrogen-bond acceptors (Lipinski definition) is 3. The smallest absolute Gasteiger partial charge is 0.0374 e. The van der Waals surface area contributed by atoms with Crippen molar-refractivity contribution in [1.82, 2.24) is 9.80 Å². The van der Waals surface area contributed by atoms with Crippen LogP contribution in [0.25, 0.3) is 0 Å². The summed E-state index contributed by atoms with van der Waals surface area (Å²) in [6.07, 6.45) is 2.17. The molecule has 15 heavy (non-hydrogen) atoms. The molecule has 0 aromatic carbocycles. The topological polar surface area (TPSA) is 32.5 Å². The van der Waals surface area contributed by atoms with Crippen LogP contribution in [-0.2, 0) is 0 Å². The lowest BCUT2D eigenvalue weighted by Gasteiger charge is -2.32. The molecule has 3 heteroatoms. The Balaban J connectivity index is 2.58. The van der Waals surface area contributed by atoms with Crippen molar-refractivity contribution < 1.29 is 0 Å². The average molecular weight is 211 g/mol. The van der Waals surface area contributed by atoms with Crippen LogP contribution in [0.2, 0.25) is 0 Å². The summed E-state index contributed by atoms with van der Waals surface area (Å²) < 4.78 is 0. The van der Waals surface area contributed by atoms with Crippen LogP contribution in [0.1, 0.15) is 19.8 Å². The largest absolute Gasteiger partial charge is 0.326 e. The van der Waals surface area contributed by atoms with Crippen molar-refractivity contribution >= 4 is 0 Å². The van der Waals surface area contributed by atoms with Crippen molar-refractivity contribution in [2.24, 2.45) is 5.73 Å². The molecule has 1 saturated heterocycles. The van der Waals surface area contributed by atoms with Crippen LogP contribution in [0, 0.1) is 0 Å². The monoisotopic (exact) mass is 211 g/mol. The van der Waals surface area contributed by atoms with Crippen molar-refractivity contribution in [2.45, 2.75) is 31.8 Å². The summed E-state index contributed by atoms with van der Waals surface area (Å²) in [7, 11) is 4.36. The van der Waals surface area contributed by atoms with E-state index in [1.54, 1.807) is 0 Å². The van der Waals surface area contributed by atoms with Crippen molar-refractivity contribution in [3.8, 4) is 0 Å². The minimum Gasteiger partial charge on any atom is -0.326 e. The fourth-order valence-electron chi connectivity index (χ4n) is 2.31. The number of nitrogens with zero attached hydrogens (tertiary/aromatic N) is 2. The van der Waals surface area contributed by atoms with Crippen LogP contribution >= 0.6 is 0 Å². The molecule has 0 aliphatic carbocycles. The van der Waals surface area contributed by atoms with Gasteiger partial charge in [-0.15, -0.1) is 6.58 Å². The van der Waals surface area contributed by atoms with Crippen LogP contribution in [0.15, 0.2) is 12.2 Å². The van der Waals surface area contributed by atoms with Crippen molar-refractivity contribution in [2.75, 3.05) is 33.7 Å². The second-order valence-corrected chi connectivity index (χ2v) is 4.99. The first-order chi connectivity index (χ1) is 7.00. The minimum atomic E-state index is 0.216. The lowest BCUT2D eigenvalue weighted by atomic mass is 10.0. The van der Waals surface area contributed by atoms with E-state index in [9.17, 15) is 0 Å². The van der Waals surface area contributed by atoms with E-state index in [4.69, 9.17) is 5.73 Å². The highest BCUT2D eigenvalue weighted by Crippen LogP contribution is 2.13. The Kier molecular flexibility index (Phi) is 4.77. The molecule has 1 aliphatic heterocycles. The molecule has 0 spiro atoms. The van der Waals surface area contributed by atoms with Crippen LogP contribution in [-0.4, -0.2) is 55.6 Å². The third-order valence-electron chi connectivity index (χ3n) is 3.19. The Morgan fingerprint density at radius 2 is 2.13 bits per heavy atom. The summed E-state index contributed by atoms with van der Waals surface area (Å²) in [4.78, 5) is 4.78. The molecule has 1 aliphatic rings. The van der Waals surface area contributed by atoms with Gasteiger partial charge in [0.05, 0.1) is 0 Å². The summed E-state index contributed by atoms with van der Waals surface area (Å²) in [5.41, 5.74) is 7.43. The summed E-state index contributed by atoms with van der Waals surface area (Å²) in [6, 6.07) is 0.683. The van der Waals surface area contributed by atoms with E-state index in [2.05, 4.69) is 37.4 Å². The molecule has 0 amide bonds. The van der Waals surface area contributed by atoms with Gasteiger partial charge in [-0.25, -0.2) is 0 Å². The van der Waals surface area contributed by atoms with E-state index in [0.29, 0.717) is 6.04 Å². The zero-order valence-electron chi connectivity index (χ0n) is 10.4. The second-order valence-electron chi connectivity index (χ2n) is 4.99. The Bertz CT molecular complexity index is 215. The Morgan fingerprint density at radius 3 is 2.73 bits per heavy atom. The summed E-state index contributed by atoms with van der Waals surface area (Å²) in [6.45, 7) is 9.41. The first-order valence-corrected chi connectivity index (χ1v) is 5.79. The normalized spacial score (nSPS) is 27.3. The van der Waals surface area contributed by atoms with Crippen LogP contribution in [0.3, 0.4) is 0 Å². The van der Waals surface area contributed by atoms with Gasteiger partial charge in [-0.1, -0.05) is 5.57 Å². The maximum absolute atomic E-state index is 6.24. The van der Waals surface area contributed by atoms with Crippen molar-refractivity contribution in [1.29, 1.82) is 0 Å². The summed E-state index contributed by atoms with van der Waals surface area (Å²) in [5.74, 6) is 0. The highest BCUT2D eigenvalue weighted by Gasteiger charge is 2.25. The Morgan fingerprint density at radius 1 is 1.47 bits per heavy atom. The lowest BCUT2D eigenvalue weighted by Crippen LogP contribution is -2.50. The molecular weight excluding hydrogens is 186 g/mol. The molecule has 0 bridgehead atoms. The van der Waals surface area contributed by atoms with Gasteiger partial charge in [-0.2, -0.15) is 0 Å². The molecule has 2 unspecified atom stereocenters. The van der Waals surface area contributed by atoms with Crippen LogP contribution in [0.5, 0.6) is 0 Å². The zero-order valence-corrected chi connectivity index (χ0v) is 10.4. The minimum absolute atomic E-state index is 0.216. The van der Waals surface area contributed by atoms with E-state index >= 15 is 0 Å². The van der Waals surface area contributed by atoms with Gasteiger partial charge in [-0.05, 0) is 47.0 Å². The maximum atomic E-state index is 6.24. The molecule has 1 heterocycles. The van der Waals surface area contributed by atoms with Crippen molar-refractivity contribution in [3.63, 3.8) is 0 Å². The van der Waals surface area contributed by atoms with E-state index in [-0.39, 0.29) is 6.04 Å². The van der Waals surface area contributed by atoms with Gasteiger partial charge >= 0.3 is 0 Å². The molecule has 0 radical (unpaired) electrons. The first-order valence-electron chi connectivity index (χ1n) is 5.79. The van der Waals surface area contributed by atoms with Gasteiger partial charge < -0.3 is 15.5 Å². The van der Waals surface area contributed by atoms with Gasteiger partial charge in [0.1, 0.15) is 0 Å². The molecule has 88 valence electrons. The van der Waals surface area contributed by atoms with Gasteiger partial charge in [-0.3, -0.25) is 0 Å². The van der Waals surface area contributed by atoms with E-state index < -0.39 is 0 Å². The number of nitrogens with two attached hydrogens (primary N) is 1. The Labute approximate surface area is 93.9 Å². The second kappa shape index (κ2) is 5.64. The molecule has 3 nitrogen and oxygen atoms in total. The predicted molar refractivity (Wildman–Crippen MR) is 65.9 cm³/mol. The van der Waals surface area contributed by atoms with Crippen molar-refractivity contribution in [3.05, 3.63) is 12.2 Å². The fourth-order valence-corrected chi connectivity index (χ4v) is 2.31. The van der Waals surface area contributed by atoms with Gasteiger partial charge in [0, 0.05) is 18.6 Å². The van der Waals surface area contributed by atoms with Gasteiger partial charge in [0.25, 0.3) is 0 Å². The standard InChI is InChI=1S/C12H25N3/c1-10(2)8-11(13)12-9-14(3)6-5-7-15(12)4/h11-12H,1,5-9,13H2,2-4H3. The fraction of sp³-hybridized carbons (Fsp3) is 0.833. The predicted octanol–water partition coefficient (Wildman–Crippen LogP) is 0.916. The van der Waals surface area contributed by atoms with E-state index in [1.807, 2.05) is 0 Å². The lowest BCUT2D eigenvalue weighted by molar-refractivity contribution is 0.195.